The van der Waals surface area contributed by atoms with Crippen LogP contribution >= 0.6 is 0 Å². The zero-order valence-corrected chi connectivity index (χ0v) is 13.0. The predicted molar refractivity (Wildman–Crippen MR) is 79.9 cm³/mol. The molecule has 2 aromatic rings. The summed E-state index contributed by atoms with van der Waals surface area (Å²) in [5.41, 5.74) is 0.272. The van der Waals surface area contributed by atoms with Gasteiger partial charge in [-0.15, -0.1) is 0 Å². The van der Waals surface area contributed by atoms with Crippen molar-refractivity contribution in [1.82, 2.24) is 24.7 Å². The first kappa shape index (κ1) is 14.8. The van der Waals surface area contributed by atoms with Crippen LogP contribution < -0.4 is 0 Å². The average Bonchev–Trinajstić information content (AvgIpc) is 3.21. The summed E-state index contributed by atoms with van der Waals surface area (Å²) in [6.45, 7) is 7.71. The first-order chi connectivity index (χ1) is 10.6. The number of rotatable bonds is 4. The Balaban J connectivity index is 1.58. The van der Waals surface area contributed by atoms with Crippen LogP contribution in [0.15, 0.2) is 35.3 Å². The van der Waals surface area contributed by atoms with E-state index in [0.717, 1.165) is 38.4 Å². The maximum absolute atomic E-state index is 12.8. The lowest BCUT2D eigenvalue weighted by Crippen LogP contribution is -2.54. The average molecular weight is 303 g/mol. The molecule has 0 aromatic carbocycles. The summed E-state index contributed by atoms with van der Waals surface area (Å²) >= 11 is 0. The largest absolute Gasteiger partial charge is 0.364 e. The Kier molecular flexibility index (Phi) is 3.98. The van der Waals surface area contributed by atoms with Gasteiger partial charge in [-0.1, -0.05) is 5.16 Å². The van der Waals surface area contributed by atoms with Crippen molar-refractivity contribution in [3.05, 3.63) is 36.5 Å². The summed E-state index contributed by atoms with van der Waals surface area (Å²) in [5.74, 6) is 0.109. The number of carbonyl (C=O) groups is 1. The number of hydrogen-bond donors (Lipinski definition) is 0. The summed E-state index contributed by atoms with van der Waals surface area (Å²) in [6, 6.07) is 3.71. The van der Waals surface area contributed by atoms with Gasteiger partial charge in [-0.3, -0.25) is 14.4 Å². The number of hydrogen-bond acceptors (Lipinski definition) is 5. The molecular weight excluding hydrogens is 282 g/mol. The van der Waals surface area contributed by atoms with Gasteiger partial charge in [-0.25, -0.2) is 0 Å². The van der Waals surface area contributed by atoms with Gasteiger partial charge in [-0.05, 0) is 19.9 Å². The Labute approximate surface area is 129 Å². The van der Waals surface area contributed by atoms with Gasteiger partial charge in [-0.2, -0.15) is 5.10 Å². The summed E-state index contributed by atoms with van der Waals surface area (Å²) in [6.07, 6.45) is 5.12. The molecule has 1 fully saturated rings. The maximum Gasteiger partial charge on any atom is 0.250 e. The van der Waals surface area contributed by atoms with E-state index in [1.165, 1.54) is 0 Å². The zero-order chi connectivity index (χ0) is 15.6. The molecule has 0 radical (unpaired) electrons. The van der Waals surface area contributed by atoms with Crippen LogP contribution in [0.25, 0.3) is 0 Å². The molecule has 0 atom stereocenters. The second-order valence-electron chi connectivity index (χ2n) is 6.07. The normalized spacial score (nSPS) is 16.9. The minimum atomic E-state index is -0.655. The molecule has 0 unspecified atom stereocenters. The summed E-state index contributed by atoms with van der Waals surface area (Å²) < 4.78 is 6.57. The zero-order valence-electron chi connectivity index (χ0n) is 13.0. The molecule has 1 aliphatic rings. The van der Waals surface area contributed by atoms with Crippen molar-refractivity contribution in [1.29, 1.82) is 0 Å². The smallest absolute Gasteiger partial charge is 0.250 e. The lowest BCUT2D eigenvalue weighted by atomic mass is 10.0. The molecule has 7 nitrogen and oxygen atoms in total. The highest BCUT2D eigenvalue weighted by atomic mass is 16.5. The van der Waals surface area contributed by atoms with Crippen LogP contribution in [-0.2, 0) is 16.9 Å². The van der Waals surface area contributed by atoms with Crippen LogP contribution in [0.5, 0.6) is 0 Å². The molecule has 7 heteroatoms. The van der Waals surface area contributed by atoms with Crippen molar-refractivity contribution in [2.75, 3.05) is 26.2 Å². The minimum Gasteiger partial charge on any atom is -0.364 e. The lowest BCUT2D eigenvalue weighted by Gasteiger charge is -2.38. The van der Waals surface area contributed by atoms with Crippen molar-refractivity contribution in [3.8, 4) is 0 Å². The lowest BCUT2D eigenvalue weighted by molar-refractivity contribution is -0.141. The topological polar surface area (TPSA) is 67.4 Å². The minimum absolute atomic E-state index is 0.109. The molecule has 3 heterocycles. The highest BCUT2D eigenvalue weighted by Gasteiger charge is 2.35. The Bertz CT molecular complexity index is 598. The fourth-order valence-electron chi connectivity index (χ4n) is 2.74. The molecule has 1 amide bonds. The Hall–Kier alpha value is -2.15. The van der Waals surface area contributed by atoms with Crippen molar-refractivity contribution < 1.29 is 9.32 Å². The standard InChI is InChI=1S/C15H21N5O2/c1-15(2,20-6-3-5-16-20)14(21)19-9-7-18(8-10-19)12-13-4-11-22-17-13/h3-6,11H,7-10,12H2,1-2H3. The number of amides is 1. The quantitative estimate of drug-likeness (QED) is 0.841. The molecule has 0 N–H and O–H groups in total. The fraction of sp³-hybridized carbons (Fsp3) is 0.533. The van der Waals surface area contributed by atoms with E-state index in [1.54, 1.807) is 17.1 Å². The monoisotopic (exact) mass is 303 g/mol. The van der Waals surface area contributed by atoms with E-state index in [2.05, 4.69) is 15.2 Å². The third-order valence-corrected chi connectivity index (χ3v) is 4.14. The van der Waals surface area contributed by atoms with E-state index in [1.807, 2.05) is 37.1 Å². The van der Waals surface area contributed by atoms with Gasteiger partial charge >= 0.3 is 0 Å². The molecule has 3 rings (SSSR count). The van der Waals surface area contributed by atoms with Gasteiger partial charge in [0.05, 0.1) is 5.69 Å². The van der Waals surface area contributed by atoms with Gasteiger partial charge in [0, 0.05) is 51.2 Å². The molecule has 2 aromatic heterocycles. The van der Waals surface area contributed by atoms with E-state index < -0.39 is 5.54 Å². The molecule has 118 valence electrons. The Morgan fingerprint density at radius 2 is 2.09 bits per heavy atom. The molecule has 0 aliphatic carbocycles. The van der Waals surface area contributed by atoms with Crippen LogP contribution in [0, 0.1) is 0 Å². The Morgan fingerprint density at radius 3 is 2.68 bits per heavy atom. The van der Waals surface area contributed by atoms with Crippen LogP contribution in [-0.4, -0.2) is 56.8 Å². The molecule has 0 bridgehead atoms. The van der Waals surface area contributed by atoms with E-state index in [4.69, 9.17) is 4.52 Å². The maximum atomic E-state index is 12.8. The van der Waals surface area contributed by atoms with Gasteiger partial charge in [0.25, 0.3) is 0 Å². The van der Waals surface area contributed by atoms with Crippen LogP contribution in [0.1, 0.15) is 19.5 Å². The number of carbonyl (C=O) groups excluding carboxylic acids is 1. The summed E-state index contributed by atoms with van der Waals surface area (Å²) in [5, 5.41) is 8.14. The van der Waals surface area contributed by atoms with Gasteiger partial charge in [0.1, 0.15) is 11.8 Å². The van der Waals surface area contributed by atoms with Crippen LogP contribution in [0.2, 0.25) is 0 Å². The first-order valence-electron chi connectivity index (χ1n) is 7.48. The predicted octanol–water partition coefficient (Wildman–Crippen LogP) is 0.951. The first-order valence-corrected chi connectivity index (χ1v) is 7.48. The third kappa shape index (κ3) is 2.89. The summed E-state index contributed by atoms with van der Waals surface area (Å²) in [7, 11) is 0. The van der Waals surface area contributed by atoms with Crippen molar-refractivity contribution >= 4 is 5.91 Å². The molecule has 22 heavy (non-hydrogen) atoms. The van der Waals surface area contributed by atoms with Crippen LogP contribution in [0.4, 0.5) is 0 Å². The number of aromatic nitrogens is 3. The summed E-state index contributed by atoms with van der Waals surface area (Å²) in [4.78, 5) is 17.0. The Morgan fingerprint density at radius 1 is 1.32 bits per heavy atom. The molecular formula is C15H21N5O2. The fourth-order valence-corrected chi connectivity index (χ4v) is 2.74. The highest BCUT2D eigenvalue weighted by Crippen LogP contribution is 2.19. The van der Waals surface area contributed by atoms with Crippen molar-refractivity contribution in [2.24, 2.45) is 0 Å². The van der Waals surface area contributed by atoms with Crippen molar-refractivity contribution in [2.45, 2.75) is 25.9 Å². The van der Waals surface area contributed by atoms with E-state index in [-0.39, 0.29) is 5.91 Å². The van der Waals surface area contributed by atoms with Crippen LogP contribution in [0.3, 0.4) is 0 Å². The second kappa shape index (κ2) is 5.92. The van der Waals surface area contributed by atoms with Gasteiger partial charge in [0.15, 0.2) is 0 Å². The molecule has 1 saturated heterocycles. The number of piperazine rings is 1. The van der Waals surface area contributed by atoms with E-state index >= 15 is 0 Å². The highest BCUT2D eigenvalue weighted by molar-refractivity contribution is 5.83. The molecule has 0 saturated carbocycles. The third-order valence-electron chi connectivity index (χ3n) is 4.14. The number of nitrogens with zero attached hydrogens (tertiary/aromatic N) is 5. The second-order valence-corrected chi connectivity index (χ2v) is 6.07. The van der Waals surface area contributed by atoms with Crippen molar-refractivity contribution in [3.63, 3.8) is 0 Å². The molecule has 1 aliphatic heterocycles. The van der Waals surface area contributed by atoms with Gasteiger partial charge in [0.2, 0.25) is 5.91 Å². The van der Waals surface area contributed by atoms with E-state index in [9.17, 15) is 4.79 Å². The molecule has 0 spiro atoms. The van der Waals surface area contributed by atoms with E-state index in [0.29, 0.717) is 0 Å². The SMILES string of the molecule is CC(C)(C(=O)N1CCN(Cc2ccon2)CC1)n1cccn1. The van der Waals surface area contributed by atoms with Gasteiger partial charge < -0.3 is 9.42 Å².